The van der Waals surface area contributed by atoms with Crippen LogP contribution in [0.15, 0.2) is 0 Å². The molecule has 0 aromatic rings. The maximum Gasteiger partial charge on any atom is 1.00 e. The normalized spacial score (nSPS) is 13.1. The third-order valence-corrected chi connectivity index (χ3v) is 0.595. The molecule has 0 bridgehead atoms. The summed E-state index contributed by atoms with van der Waals surface area (Å²) in [6.07, 6.45) is -16.0. The van der Waals surface area contributed by atoms with Crippen molar-refractivity contribution in [3.05, 3.63) is 0 Å². The minimum atomic E-state index is -5.74. The van der Waals surface area contributed by atoms with Gasteiger partial charge in [0.2, 0.25) is 0 Å². The maximum absolute atomic E-state index is 10.9. The largest absolute Gasteiger partial charge is 1.00 e. The topological polar surface area (TPSA) is 23.1 Å². The van der Waals surface area contributed by atoms with Crippen LogP contribution in [0.25, 0.3) is 0 Å². The fourth-order valence-electron chi connectivity index (χ4n) is 0.186. The quantitative estimate of drug-likeness (QED) is 0.468. The Morgan fingerprint density at radius 2 is 1.00 bits per heavy atom. The maximum atomic E-state index is 10.9. The smallest absolute Gasteiger partial charge is 0.839 e. The fourth-order valence-corrected chi connectivity index (χ4v) is 0.186. The van der Waals surface area contributed by atoms with Crippen LogP contribution in [0.3, 0.4) is 0 Å². The second-order valence-corrected chi connectivity index (χ2v) is 1.46. The molecule has 0 fully saturated rings. The molecule has 11 heavy (non-hydrogen) atoms. The van der Waals surface area contributed by atoms with Gasteiger partial charge in [0.05, 0.1) is 6.10 Å². The number of halogens is 6. The second kappa shape index (κ2) is 4.72. The van der Waals surface area contributed by atoms with E-state index in [1.165, 1.54) is 0 Å². The molecule has 0 aromatic carbocycles. The van der Waals surface area contributed by atoms with E-state index in [9.17, 15) is 31.4 Å². The van der Waals surface area contributed by atoms with Crippen molar-refractivity contribution in [2.45, 2.75) is 18.5 Å². The van der Waals surface area contributed by atoms with Crippen molar-refractivity contribution < 1.29 is 100 Å². The summed E-state index contributed by atoms with van der Waals surface area (Å²) in [6.45, 7) is 0. The first kappa shape index (κ1) is 15.1. The Morgan fingerprint density at radius 3 is 1.00 bits per heavy atom. The van der Waals surface area contributed by atoms with Gasteiger partial charge in [-0.25, -0.2) is 0 Å². The van der Waals surface area contributed by atoms with E-state index in [1.807, 2.05) is 0 Å². The van der Waals surface area contributed by atoms with Gasteiger partial charge in [0.1, 0.15) is 0 Å². The van der Waals surface area contributed by atoms with Gasteiger partial charge in [0.25, 0.3) is 0 Å². The summed E-state index contributed by atoms with van der Waals surface area (Å²) in [4.78, 5) is 0. The average molecular weight is 300 g/mol. The zero-order valence-electron chi connectivity index (χ0n) is 5.25. The zero-order chi connectivity index (χ0) is 8.58. The van der Waals surface area contributed by atoms with E-state index in [0.717, 1.165) is 0 Å². The Morgan fingerprint density at radius 1 is 0.818 bits per heavy atom. The van der Waals surface area contributed by atoms with Gasteiger partial charge in [0, 0.05) is 0 Å². The molecule has 0 saturated carbocycles. The number of hydrogen-bond donors (Lipinski definition) is 0. The van der Waals surface area contributed by atoms with Crippen molar-refractivity contribution in [1.82, 2.24) is 0 Å². The molecule has 0 radical (unpaired) electrons. The van der Waals surface area contributed by atoms with Crippen LogP contribution in [-0.4, -0.2) is 18.5 Å². The van der Waals surface area contributed by atoms with E-state index < -0.39 is 18.5 Å². The second-order valence-electron chi connectivity index (χ2n) is 1.46. The Kier molecular flexibility index (Phi) is 6.48. The van der Waals surface area contributed by atoms with Gasteiger partial charge in [-0.3, -0.25) is 0 Å². The van der Waals surface area contributed by atoms with E-state index in [2.05, 4.69) is 0 Å². The molecular weight excluding hydrogens is 299 g/mol. The SMILES string of the molecule is [Cs+].[O-]C(C(F)(F)F)C(F)(F)F. The van der Waals surface area contributed by atoms with Gasteiger partial charge >= 0.3 is 81.2 Å². The molecule has 8 heteroatoms. The molecule has 0 aliphatic heterocycles. The summed E-state index contributed by atoms with van der Waals surface area (Å²) in [6, 6.07) is 0. The van der Waals surface area contributed by atoms with Crippen LogP contribution in [0.5, 0.6) is 0 Å². The molecule has 0 N–H and O–H groups in total. The number of alkyl halides is 6. The summed E-state index contributed by atoms with van der Waals surface area (Å²) >= 11 is 0. The van der Waals surface area contributed by atoms with Crippen LogP contribution >= 0.6 is 0 Å². The fraction of sp³-hybridized carbons (Fsp3) is 1.00. The Bertz CT molecular complexity index is 102. The summed E-state index contributed by atoms with van der Waals surface area (Å²) in [5.74, 6) is 0. The van der Waals surface area contributed by atoms with Crippen molar-refractivity contribution >= 4 is 0 Å². The molecule has 0 saturated heterocycles. The molecule has 62 valence electrons. The Balaban J connectivity index is 0. The van der Waals surface area contributed by atoms with Gasteiger partial charge in [-0.1, -0.05) is 0 Å². The minimum absolute atomic E-state index is 0. The van der Waals surface area contributed by atoms with E-state index in [4.69, 9.17) is 0 Å². The summed E-state index contributed by atoms with van der Waals surface area (Å²) in [7, 11) is 0. The molecule has 0 aliphatic rings. The first-order chi connectivity index (χ1) is 4.15. The van der Waals surface area contributed by atoms with E-state index >= 15 is 0 Å². The van der Waals surface area contributed by atoms with Crippen molar-refractivity contribution in [3.63, 3.8) is 0 Å². The van der Waals surface area contributed by atoms with Crippen LogP contribution < -0.4 is 74.0 Å². The molecule has 0 spiro atoms. The van der Waals surface area contributed by atoms with Crippen molar-refractivity contribution in [3.8, 4) is 0 Å². The van der Waals surface area contributed by atoms with Gasteiger partial charge in [-0.05, 0) is 0 Å². The predicted octanol–water partition coefficient (Wildman–Crippen LogP) is -2.16. The van der Waals surface area contributed by atoms with Crippen LogP contribution in [0.2, 0.25) is 0 Å². The molecule has 0 atom stereocenters. The summed E-state index contributed by atoms with van der Waals surface area (Å²) in [5, 5.41) is 9.32. The van der Waals surface area contributed by atoms with E-state index in [1.54, 1.807) is 0 Å². The first-order valence-corrected chi connectivity index (χ1v) is 1.95. The third kappa shape index (κ3) is 5.77. The van der Waals surface area contributed by atoms with Crippen LogP contribution in [0.4, 0.5) is 26.3 Å². The molecule has 0 aliphatic carbocycles. The van der Waals surface area contributed by atoms with E-state index in [-0.39, 0.29) is 68.9 Å². The van der Waals surface area contributed by atoms with Crippen LogP contribution in [0.1, 0.15) is 0 Å². The minimum Gasteiger partial charge on any atom is -0.839 e. The van der Waals surface area contributed by atoms with Crippen molar-refractivity contribution in [2.24, 2.45) is 0 Å². The van der Waals surface area contributed by atoms with Crippen molar-refractivity contribution in [2.75, 3.05) is 0 Å². The Labute approximate surface area is 117 Å². The van der Waals surface area contributed by atoms with Crippen LogP contribution in [0, 0.1) is 0 Å². The monoisotopic (exact) mass is 300 g/mol. The van der Waals surface area contributed by atoms with Gasteiger partial charge < -0.3 is 5.11 Å². The molecule has 0 unspecified atom stereocenters. The molecular formula is C3HCsF6O. The third-order valence-electron chi connectivity index (χ3n) is 0.595. The first-order valence-electron chi connectivity index (χ1n) is 1.95. The zero-order valence-corrected chi connectivity index (χ0v) is 11.5. The standard InChI is InChI=1S/C3HF6O.Cs/c4-2(5,6)1(10)3(7,8)9;/h1H;/q-1;+1. The van der Waals surface area contributed by atoms with Gasteiger partial charge in [-0.15, -0.1) is 0 Å². The molecule has 1 nitrogen and oxygen atoms in total. The Hall–Kier alpha value is 1.59. The average Bonchev–Trinajstić information content (AvgIpc) is 1.59. The van der Waals surface area contributed by atoms with Gasteiger partial charge in [-0.2, -0.15) is 26.3 Å². The van der Waals surface area contributed by atoms with E-state index in [0.29, 0.717) is 0 Å². The van der Waals surface area contributed by atoms with Crippen molar-refractivity contribution in [1.29, 1.82) is 0 Å². The van der Waals surface area contributed by atoms with Crippen LogP contribution in [-0.2, 0) is 0 Å². The summed E-state index contributed by atoms with van der Waals surface area (Å²) < 4.78 is 65.5. The molecule has 0 amide bonds. The summed E-state index contributed by atoms with van der Waals surface area (Å²) in [5.41, 5.74) is 0. The molecule has 0 aromatic heterocycles. The molecule has 0 rings (SSSR count). The predicted molar refractivity (Wildman–Crippen MR) is 15.9 cm³/mol. The number of rotatable bonds is 0. The molecule has 0 heterocycles. The van der Waals surface area contributed by atoms with Gasteiger partial charge in [0.15, 0.2) is 0 Å². The number of hydrogen-bond acceptors (Lipinski definition) is 1.